The van der Waals surface area contributed by atoms with Gasteiger partial charge in [-0.25, -0.2) is 0 Å². The lowest BCUT2D eigenvalue weighted by atomic mass is 10.4. The molecule has 4 aromatic carbocycles. The average Bonchev–Trinajstić information content (AvgIpc) is 2.76. The maximum absolute atomic E-state index is 6.18. The Morgan fingerprint density at radius 2 is 0.741 bits per heavy atom. The molecule has 1 nitrogen and oxygen atoms in total. The van der Waals surface area contributed by atoms with Crippen molar-refractivity contribution < 1.29 is 0 Å². The Hall–Kier alpha value is -2.30. The third kappa shape index (κ3) is 6.42. The molecule has 27 heavy (non-hydrogen) atoms. The Labute approximate surface area is 164 Å². The van der Waals surface area contributed by atoms with E-state index >= 15 is 0 Å². The molecule has 0 spiro atoms. The second-order valence-corrected chi connectivity index (χ2v) is 9.08. The van der Waals surface area contributed by atoms with Gasteiger partial charge in [-0.2, -0.15) is 0 Å². The fourth-order valence-corrected chi connectivity index (χ4v) is 4.87. The van der Waals surface area contributed by atoms with Crippen LogP contribution in [0.15, 0.2) is 121 Å². The fourth-order valence-electron chi connectivity index (χ4n) is 2.54. The number of hydrogen-bond donors (Lipinski definition) is 1. The fraction of sp³-hybridized carbons (Fsp3) is 0. The van der Waals surface area contributed by atoms with Gasteiger partial charge in [0.05, 0.1) is 0 Å². The quantitative estimate of drug-likeness (QED) is 0.519. The van der Waals surface area contributed by atoms with Crippen molar-refractivity contribution in [2.75, 3.05) is 0 Å². The van der Waals surface area contributed by atoms with Gasteiger partial charge in [-0.1, -0.05) is 130 Å². The van der Waals surface area contributed by atoms with Crippen molar-refractivity contribution in [2.45, 2.75) is 0 Å². The molecule has 0 aliphatic rings. The second-order valence-electron chi connectivity index (χ2n) is 5.90. The van der Waals surface area contributed by atoms with E-state index in [9.17, 15) is 0 Å². The lowest BCUT2D eigenvalue weighted by molar-refractivity contribution is 1.73. The van der Waals surface area contributed by atoms with Crippen LogP contribution in [0.1, 0.15) is 0 Å². The van der Waals surface area contributed by atoms with Crippen LogP contribution in [-0.2, 0) is 0 Å². The zero-order valence-corrected chi connectivity index (χ0v) is 17.0. The summed E-state index contributed by atoms with van der Waals surface area (Å²) in [6, 6.07) is 41.6. The average molecular weight is 387 g/mol. The third-order valence-electron chi connectivity index (χ3n) is 3.90. The zero-order chi connectivity index (χ0) is 18.7. The van der Waals surface area contributed by atoms with Crippen LogP contribution in [0, 0.1) is 0 Å². The molecule has 0 aliphatic carbocycles. The van der Waals surface area contributed by atoms with Crippen molar-refractivity contribution in [3.8, 4) is 0 Å². The molecule has 0 unspecified atom stereocenters. The van der Waals surface area contributed by atoms with E-state index < -0.39 is 8.07 Å². The highest BCUT2D eigenvalue weighted by Gasteiger charge is 2.06. The van der Waals surface area contributed by atoms with Crippen molar-refractivity contribution in [3.63, 3.8) is 0 Å². The molecule has 0 aromatic heterocycles. The van der Waals surface area contributed by atoms with Gasteiger partial charge in [0.2, 0.25) is 0 Å². The maximum Gasteiger partial charge on any atom is 0.0225 e. The third-order valence-corrected chi connectivity index (χ3v) is 6.86. The topological polar surface area (TPSA) is 26.0 Å². The minimum absolute atomic E-state index is 0.671. The molecule has 0 saturated heterocycles. The van der Waals surface area contributed by atoms with Gasteiger partial charge in [-0.3, -0.25) is 0 Å². The molecule has 0 heterocycles. The van der Waals surface area contributed by atoms with Crippen molar-refractivity contribution in [2.24, 2.45) is 5.50 Å². The summed E-state index contributed by atoms with van der Waals surface area (Å²) in [5.74, 6) is 0. The van der Waals surface area contributed by atoms with E-state index in [1.807, 2.05) is 36.4 Å². The maximum atomic E-state index is 6.18. The summed E-state index contributed by atoms with van der Waals surface area (Å²) in [6.07, 6.45) is 0. The monoisotopic (exact) mass is 387 g/mol. The van der Waals surface area contributed by atoms with Gasteiger partial charge in [-0.15, -0.1) is 0 Å². The summed E-state index contributed by atoms with van der Waals surface area (Å²) in [5, 5.41) is 5.23. The standard InChI is InChI=1S/C12H12NP.C12H11P/c13-14(11-7-3-1-4-8-11)12-9-5-2-6-10-12;1-3-7-11(8-4-1)13-12-9-5-2-6-10-12/h1-10H,13H2;1-10,13H. The van der Waals surface area contributed by atoms with Crippen LogP contribution in [0.25, 0.3) is 0 Å². The minimum atomic E-state index is -0.671. The van der Waals surface area contributed by atoms with Crippen LogP contribution in [-0.4, -0.2) is 0 Å². The van der Waals surface area contributed by atoms with Crippen LogP contribution in [0.2, 0.25) is 0 Å². The Bertz CT molecular complexity index is 821. The molecule has 0 radical (unpaired) electrons. The molecule has 0 saturated carbocycles. The summed E-state index contributed by atoms with van der Waals surface area (Å²) in [7, 11) is 0.106. The summed E-state index contributed by atoms with van der Waals surface area (Å²) < 4.78 is 0. The Balaban J connectivity index is 0.000000156. The lowest BCUT2D eigenvalue weighted by Crippen LogP contribution is -2.16. The Kier molecular flexibility index (Phi) is 7.75. The van der Waals surface area contributed by atoms with Gasteiger partial charge < -0.3 is 5.50 Å². The van der Waals surface area contributed by atoms with Crippen LogP contribution in [0.4, 0.5) is 0 Å². The summed E-state index contributed by atoms with van der Waals surface area (Å²) in [4.78, 5) is 0. The summed E-state index contributed by atoms with van der Waals surface area (Å²) in [6.45, 7) is 0. The highest BCUT2D eigenvalue weighted by Crippen LogP contribution is 2.22. The first-order valence-corrected chi connectivity index (χ1v) is 11.3. The van der Waals surface area contributed by atoms with E-state index in [1.165, 1.54) is 21.2 Å². The molecule has 0 bridgehead atoms. The van der Waals surface area contributed by atoms with Crippen molar-refractivity contribution in [1.29, 1.82) is 0 Å². The van der Waals surface area contributed by atoms with Crippen molar-refractivity contribution >= 4 is 37.9 Å². The van der Waals surface area contributed by atoms with E-state index in [-0.39, 0.29) is 0 Å². The molecule has 3 heteroatoms. The molecular weight excluding hydrogens is 364 g/mol. The smallest absolute Gasteiger partial charge is 0.0225 e. The molecule has 134 valence electrons. The highest BCUT2D eigenvalue weighted by atomic mass is 31.1. The predicted octanol–water partition coefficient (Wildman–Crippen LogP) is 4.31. The number of benzene rings is 4. The van der Waals surface area contributed by atoms with Crippen LogP contribution < -0.4 is 26.7 Å². The van der Waals surface area contributed by atoms with Crippen molar-refractivity contribution in [1.82, 2.24) is 0 Å². The molecule has 0 atom stereocenters. The Morgan fingerprint density at radius 1 is 0.444 bits per heavy atom. The van der Waals surface area contributed by atoms with E-state index in [4.69, 9.17) is 5.50 Å². The molecule has 0 fully saturated rings. The predicted molar refractivity (Wildman–Crippen MR) is 124 cm³/mol. The SMILES string of the molecule is NP(c1ccccc1)c1ccccc1.c1ccc(Pc2ccccc2)cc1. The van der Waals surface area contributed by atoms with Crippen molar-refractivity contribution in [3.05, 3.63) is 121 Å². The van der Waals surface area contributed by atoms with E-state index in [0.29, 0.717) is 0 Å². The molecule has 0 aliphatic heterocycles. The van der Waals surface area contributed by atoms with Gasteiger partial charge in [-0.05, 0) is 21.2 Å². The highest BCUT2D eigenvalue weighted by molar-refractivity contribution is 7.70. The van der Waals surface area contributed by atoms with Crippen LogP contribution in [0.5, 0.6) is 0 Å². The lowest BCUT2D eigenvalue weighted by Gasteiger charge is -2.11. The molecule has 4 rings (SSSR count). The number of hydrogen-bond acceptors (Lipinski definition) is 1. The molecule has 0 amide bonds. The van der Waals surface area contributed by atoms with E-state index in [1.54, 1.807) is 0 Å². The number of nitrogens with two attached hydrogens (primary N) is 1. The Morgan fingerprint density at radius 3 is 1.07 bits per heavy atom. The molecule has 4 aromatic rings. The minimum Gasteiger partial charge on any atom is -0.302 e. The first-order chi connectivity index (χ1) is 13.3. The molecule has 2 N–H and O–H groups in total. The van der Waals surface area contributed by atoms with Crippen LogP contribution >= 0.6 is 16.7 Å². The normalized spacial score (nSPS) is 10.1. The van der Waals surface area contributed by atoms with Gasteiger partial charge in [0.25, 0.3) is 0 Å². The zero-order valence-electron chi connectivity index (χ0n) is 15.1. The first kappa shape index (κ1) is 19.5. The summed E-state index contributed by atoms with van der Waals surface area (Å²) in [5.41, 5.74) is 6.18. The number of rotatable bonds is 4. The van der Waals surface area contributed by atoms with Gasteiger partial charge in [0, 0.05) is 8.07 Å². The van der Waals surface area contributed by atoms with Gasteiger partial charge in [0.15, 0.2) is 0 Å². The van der Waals surface area contributed by atoms with Gasteiger partial charge in [0.1, 0.15) is 0 Å². The van der Waals surface area contributed by atoms with Gasteiger partial charge >= 0.3 is 0 Å². The molecular formula is C24H23NP2. The summed E-state index contributed by atoms with van der Waals surface area (Å²) >= 11 is 0. The van der Waals surface area contributed by atoms with Crippen LogP contribution in [0.3, 0.4) is 0 Å². The van der Waals surface area contributed by atoms with E-state index in [0.717, 1.165) is 8.58 Å². The first-order valence-electron chi connectivity index (χ1n) is 8.85. The largest absolute Gasteiger partial charge is 0.302 e. The second kappa shape index (κ2) is 10.8. The van der Waals surface area contributed by atoms with E-state index in [2.05, 4.69) is 84.9 Å².